The summed E-state index contributed by atoms with van der Waals surface area (Å²) in [6.07, 6.45) is 5.53. The molecule has 5 heteroatoms. The molecule has 0 saturated carbocycles. The fourth-order valence-corrected chi connectivity index (χ4v) is 2.68. The number of nitrogens with zero attached hydrogens (tertiary/aromatic N) is 3. The molecular weight excluding hydrogens is 316 g/mol. The molecule has 0 amide bonds. The van der Waals surface area contributed by atoms with Gasteiger partial charge in [-0.05, 0) is 40.5 Å². The lowest BCUT2D eigenvalue weighted by Crippen LogP contribution is -1.99. The molecule has 0 unspecified atom stereocenters. The number of rotatable bonds is 2. The van der Waals surface area contributed by atoms with Gasteiger partial charge in [-0.3, -0.25) is 0 Å². The molecule has 3 rings (SSSR count). The van der Waals surface area contributed by atoms with Crippen LogP contribution in [-0.2, 0) is 0 Å². The van der Waals surface area contributed by atoms with Crippen LogP contribution in [0, 0.1) is 6.92 Å². The minimum Gasteiger partial charge on any atom is -0.398 e. The van der Waals surface area contributed by atoms with Gasteiger partial charge in [0.15, 0.2) is 5.82 Å². The smallest absolute Gasteiger partial charge is 0.167 e. The number of para-hydroxylation sites is 1. The van der Waals surface area contributed by atoms with Crippen LogP contribution in [-0.4, -0.2) is 14.8 Å². The zero-order chi connectivity index (χ0) is 14.1. The van der Waals surface area contributed by atoms with E-state index in [2.05, 4.69) is 26.0 Å². The number of nitrogen functional groups attached to an aromatic ring is 1. The Hall–Kier alpha value is -2.14. The van der Waals surface area contributed by atoms with E-state index in [1.807, 2.05) is 49.6 Å². The highest BCUT2D eigenvalue weighted by Crippen LogP contribution is 2.27. The van der Waals surface area contributed by atoms with Gasteiger partial charge >= 0.3 is 0 Å². The maximum atomic E-state index is 5.99. The predicted octanol–water partition coefficient (Wildman–Crippen LogP) is 3.59. The molecule has 0 aliphatic rings. The SMILES string of the molecule is Cc1cnc(-n2cc(-c3ccccc3N)cn2)c(Br)c1. The van der Waals surface area contributed by atoms with E-state index in [4.69, 9.17) is 5.73 Å². The first-order chi connectivity index (χ1) is 9.65. The number of benzene rings is 1. The van der Waals surface area contributed by atoms with Crippen molar-refractivity contribution in [1.29, 1.82) is 0 Å². The van der Waals surface area contributed by atoms with Crippen LogP contribution in [0.4, 0.5) is 5.69 Å². The van der Waals surface area contributed by atoms with E-state index < -0.39 is 0 Å². The Labute approximate surface area is 125 Å². The molecule has 2 aromatic heterocycles. The average molecular weight is 329 g/mol. The first-order valence-electron chi connectivity index (χ1n) is 6.17. The summed E-state index contributed by atoms with van der Waals surface area (Å²) in [4.78, 5) is 4.40. The summed E-state index contributed by atoms with van der Waals surface area (Å²) in [6, 6.07) is 9.76. The lowest BCUT2D eigenvalue weighted by atomic mass is 10.1. The van der Waals surface area contributed by atoms with Crippen LogP contribution in [0.3, 0.4) is 0 Å². The summed E-state index contributed by atoms with van der Waals surface area (Å²) in [5.74, 6) is 0.761. The van der Waals surface area contributed by atoms with Crippen molar-refractivity contribution < 1.29 is 0 Å². The Bertz CT molecular complexity index is 764. The van der Waals surface area contributed by atoms with Gasteiger partial charge in [0.25, 0.3) is 0 Å². The van der Waals surface area contributed by atoms with Gasteiger partial charge in [0.1, 0.15) is 0 Å². The topological polar surface area (TPSA) is 56.7 Å². The van der Waals surface area contributed by atoms with Crippen molar-refractivity contribution in [3.05, 3.63) is 59.0 Å². The van der Waals surface area contributed by atoms with Crippen molar-refractivity contribution >= 4 is 21.6 Å². The quantitative estimate of drug-likeness (QED) is 0.731. The van der Waals surface area contributed by atoms with E-state index in [-0.39, 0.29) is 0 Å². The molecule has 0 aliphatic carbocycles. The summed E-state index contributed by atoms with van der Waals surface area (Å²) in [6.45, 7) is 2.00. The first kappa shape index (κ1) is 12.9. The van der Waals surface area contributed by atoms with Crippen molar-refractivity contribution in [2.24, 2.45) is 0 Å². The second-order valence-corrected chi connectivity index (χ2v) is 5.43. The molecule has 3 aromatic rings. The number of nitrogens with two attached hydrogens (primary N) is 1. The molecule has 0 aliphatic heterocycles. The third kappa shape index (κ3) is 2.32. The van der Waals surface area contributed by atoms with Gasteiger partial charge < -0.3 is 5.73 Å². The molecule has 0 saturated heterocycles. The Morgan fingerprint density at radius 2 is 2.00 bits per heavy atom. The maximum Gasteiger partial charge on any atom is 0.167 e. The van der Waals surface area contributed by atoms with Crippen LogP contribution >= 0.6 is 15.9 Å². The van der Waals surface area contributed by atoms with E-state index >= 15 is 0 Å². The average Bonchev–Trinajstić information content (AvgIpc) is 2.88. The number of halogens is 1. The number of pyridine rings is 1. The summed E-state index contributed by atoms with van der Waals surface area (Å²) in [5, 5.41) is 4.36. The minimum absolute atomic E-state index is 0.739. The fourth-order valence-electron chi connectivity index (χ4n) is 2.03. The normalized spacial score (nSPS) is 10.7. The number of hydrogen-bond donors (Lipinski definition) is 1. The van der Waals surface area contributed by atoms with Crippen LogP contribution in [0.5, 0.6) is 0 Å². The molecular formula is C15H13BrN4. The van der Waals surface area contributed by atoms with Crippen molar-refractivity contribution in [3.63, 3.8) is 0 Å². The van der Waals surface area contributed by atoms with Gasteiger partial charge in [-0.15, -0.1) is 0 Å². The van der Waals surface area contributed by atoms with Crippen molar-refractivity contribution in [2.75, 3.05) is 5.73 Å². The largest absolute Gasteiger partial charge is 0.398 e. The third-order valence-electron chi connectivity index (χ3n) is 3.03. The zero-order valence-electron chi connectivity index (χ0n) is 10.9. The number of aryl methyl sites for hydroxylation is 1. The highest BCUT2D eigenvalue weighted by Gasteiger charge is 2.09. The minimum atomic E-state index is 0.739. The lowest BCUT2D eigenvalue weighted by molar-refractivity contribution is 0.840. The summed E-state index contributed by atoms with van der Waals surface area (Å²) >= 11 is 3.52. The molecule has 0 spiro atoms. The molecule has 0 atom stereocenters. The second-order valence-electron chi connectivity index (χ2n) is 4.58. The summed E-state index contributed by atoms with van der Waals surface area (Å²) in [7, 11) is 0. The number of aromatic nitrogens is 3. The molecule has 1 aromatic carbocycles. The Balaban J connectivity index is 2.04. The van der Waals surface area contributed by atoms with Crippen LogP contribution in [0.1, 0.15) is 5.56 Å². The molecule has 100 valence electrons. The molecule has 20 heavy (non-hydrogen) atoms. The number of anilines is 1. The monoisotopic (exact) mass is 328 g/mol. The number of hydrogen-bond acceptors (Lipinski definition) is 3. The predicted molar refractivity (Wildman–Crippen MR) is 83.6 cm³/mol. The first-order valence-corrected chi connectivity index (χ1v) is 6.96. The highest BCUT2D eigenvalue weighted by atomic mass is 79.9. The maximum absolute atomic E-state index is 5.99. The third-order valence-corrected chi connectivity index (χ3v) is 3.61. The Kier molecular flexibility index (Phi) is 3.28. The fraction of sp³-hybridized carbons (Fsp3) is 0.0667. The summed E-state index contributed by atoms with van der Waals surface area (Å²) in [5.41, 5.74) is 9.77. The lowest BCUT2D eigenvalue weighted by Gasteiger charge is -2.04. The van der Waals surface area contributed by atoms with Crippen LogP contribution in [0.15, 0.2) is 53.4 Å². The van der Waals surface area contributed by atoms with Crippen LogP contribution in [0.2, 0.25) is 0 Å². The molecule has 0 radical (unpaired) electrons. The van der Waals surface area contributed by atoms with Crippen molar-refractivity contribution in [1.82, 2.24) is 14.8 Å². The van der Waals surface area contributed by atoms with Gasteiger partial charge in [0.05, 0.1) is 10.7 Å². The van der Waals surface area contributed by atoms with E-state index in [0.29, 0.717) is 0 Å². The standard InChI is InChI=1S/C15H13BrN4/c1-10-6-13(16)15(18-7-10)20-9-11(8-19-20)12-4-2-3-5-14(12)17/h2-9H,17H2,1H3. The van der Waals surface area contributed by atoms with E-state index in [9.17, 15) is 0 Å². The van der Waals surface area contributed by atoms with E-state index in [1.54, 1.807) is 10.9 Å². The van der Waals surface area contributed by atoms with E-state index in [1.165, 1.54) is 0 Å². The van der Waals surface area contributed by atoms with E-state index in [0.717, 1.165) is 32.7 Å². The summed E-state index contributed by atoms with van der Waals surface area (Å²) < 4.78 is 2.65. The zero-order valence-corrected chi connectivity index (χ0v) is 12.5. The van der Waals surface area contributed by atoms with Crippen LogP contribution in [0.25, 0.3) is 16.9 Å². The van der Waals surface area contributed by atoms with Crippen molar-refractivity contribution in [3.8, 4) is 16.9 Å². The molecule has 0 fully saturated rings. The van der Waals surface area contributed by atoms with Gasteiger partial charge in [-0.1, -0.05) is 18.2 Å². The van der Waals surface area contributed by atoms with Gasteiger partial charge in [-0.2, -0.15) is 5.10 Å². The molecule has 0 bridgehead atoms. The Morgan fingerprint density at radius 1 is 1.20 bits per heavy atom. The highest BCUT2D eigenvalue weighted by molar-refractivity contribution is 9.10. The van der Waals surface area contributed by atoms with Gasteiger partial charge in [-0.25, -0.2) is 9.67 Å². The second kappa shape index (κ2) is 5.09. The van der Waals surface area contributed by atoms with Gasteiger partial charge in [0, 0.05) is 29.2 Å². The van der Waals surface area contributed by atoms with Crippen molar-refractivity contribution in [2.45, 2.75) is 6.92 Å². The van der Waals surface area contributed by atoms with Gasteiger partial charge in [0.2, 0.25) is 0 Å². The van der Waals surface area contributed by atoms with Crippen LogP contribution < -0.4 is 5.73 Å². The molecule has 2 N–H and O–H groups in total. The Morgan fingerprint density at radius 3 is 2.75 bits per heavy atom. The molecule has 2 heterocycles. The molecule has 4 nitrogen and oxygen atoms in total.